The summed E-state index contributed by atoms with van der Waals surface area (Å²) in [6, 6.07) is 0. The van der Waals surface area contributed by atoms with Crippen molar-refractivity contribution in [1.29, 1.82) is 0 Å². The standard InChI is InChI=1S/C10H10N2O3S/c1-3-12-4-6(10(14)15)8(13)7-5(2)11-16-9(7)12/h4H,3H2,1-2H3,(H,14,15)/p+1. The van der Waals surface area contributed by atoms with Crippen molar-refractivity contribution in [1.82, 2.24) is 4.37 Å². The molecule has 0 amide bonds. The Kier molecular flexibility index (Phi) is 2.61. The first-order valence-electron chi connectivity index (χ1n) is 4.88. The lowest BCUT2D eigenvalue weighted by Crippen LogP contribution is -3.02. The minimum atomic E-state index is -1.17. The highest BCUT2D eigenvalue weighted by Crippen LogP contribution is 2.26. The fraction of sp³-hybridized carbons (Fsp3) is 0.300. The van der Waals surface area contributed by atoms with Gasteiger partial charge in [0, 0.05) is 11.5 Å². The van der Waals surface area contributed by atoms with E-state index in [1.807, 2.05) is 6.92 Å². The first-order chi connectivity index (χ1) is 7.56. The van der Waals surface area contributed by atoms with Crippen LogP contribution in [-0.4, -0.2) is 27.8 Å². The number of quaternary nitrogens is 1. The highest BCUT2D eigenvalue weighted by Gasteiger charge is 2.36. The van der Waals surface area contributed by atoms with Crippen LogP contribution in [0.3, 0.4) is 0 Å². The predicted molar refractivity (Wildman–Crippen MR) is 58.1 cm³/mol. The van der Waals surface area contributed by atoms with Gasteiger partial charge in [-0.2, -0.15) is 4.37 Å². The van der Waals surface area contributed by atoms with Gasteiger partial charge in [-0.05, 0) is 13.8 Å². The molecule has 0 fully saturated rings. The average Bonchev–Trinajstić information content (AvgIpc) is 2.62. The molecule has 0 bridgehead atoms. The van der Waals surface area contributed by atoms with Crippen molar-refractivity contribution < 1.29 is 19.6 Å². The van der Waals surface area contributed by atoms with Crippen LogP contribution in [0.2, 0.25) is 0 Å². The molecule has 0 aliphatic carbocycles. The maximum absolute atomic E-state index is 11.9. The minimum Gasteiger partial charge on any atom is -0.477 e. The molecule has 5 nitrogen and oxygen atoms in total. The summed E-state index contributed by atoms with van der Waals surface area (Å²) in [5, 5.41) is 9.77. The summed E-state index contributed by atoms with van der Waals surface area (Å²) in [5.41, 5.74) is 0.914. The first-order valence-corrected chi connectivity index (χ1v) is 5.65. The number of fused-ring (bicyclic) bond motifs is 1. The second-order valence-electron chi connectivity index (χ2n) is 3.54. The van der Waals surface area contributed by atoms with Crippen LogP contribution in [-0.2, 0) is 4.79 Å². The summed E-state index contributed by atoms with van der Waals surface area (Å²) in [4.78, 5) is 23.7. The number of carbonyl (C=O) groups is 2. The number of carboxylic acid groups (broad SMARTS) is 1. The number of aliphatic carboxylic acids is 1. The van der Waals surface area contributed by atoms with Gasteiger partial charge in [0.2, 0.25) is 10.8 Å². The Balaban J connectivity index is 2.60. The maximum Gasteiger partial charge on any atom is 0.345 e. The summed E-state index contributed by atoms with van der Waals surface area (Å²) in [5.74, 6) is -1.60. The fourth-order valence-electron chi connectivity index (χ4n) is 1.72. The molecule has 2 heterocycles. The van der Waals surface area contributed by atoms with E-state index in [9.17, 15) is 9.59 Å². The molecule has 1 aromatic heterocycles. The molecular formula is C10H11N2O3S+. The number of nitrogens with one attached hydrogen (secondary N) is 1. The van der Waals surface area contributed by atoms with Gasteiger partial charge in [-0.25, -0.2) is 4.79 Å². The Morgan fingerprint density at radius 1 is 1.62 bits per heavy atom. The molecule has 1 aromatic rings. The number of nitrogens with zero attached hydrogens (tertiary/aromatic N) is 1. The highest BCUT2D eigenvalue weighted by atomic mass is 32.1. The zero-order chi connectivity index (χ0) is 11.9. The van der Waals surface area contributed by atoms with Crippen LogP contribution in [0.25, 0.3) is 0 Å². The molecule has 0 radical (unpaired) electrons. The molecule has 2 rings (SSSR count). The molecular weight excluding hydrogens is 228 g/mol. The number of carboxylic acids is 1. The largest absolute Gasteiger partial charge is 0.477 e. The van der Waals surface area contributed by atoms with Crippen LogP contribution in [0, 0.1) is 6.92 Å². The van der Waals surface area contributed by atoms with E-state index in [2.05, 4.69) is 4.37 Å². The van der Waals surface area contributed by atoms with Crippen LogP contribution in [0.15, 0.2) is 11.8 Å². The second-order valence-corrected chi connectivity index (χ2v) is 4.32. The van der Waals surface area contributed by atoms with Crippen molar-refractivity contribution in [3.8, 4) is 0 Å². The monoisotopic (exact) mass is 239 g/mol. The fourth-order valence-corrected chi connectivity index (χ4v) is 2.69. The second kappa shape index (κ2) is 3.80. The number of rotatable bonds is 2. The zero-order valence-corrected chi connectivity index (χ0v) is 9.72. The van der Waals surface area contributed by atoms with E-state index in [0.29, 0.717) is 17.8 Å². The number of carbonyl (C=O) groups excluding carboxylic acids is 1. The van der Waals surface area contributed by atoms with Gasteiger partial charge in [0.05, 0.1) is 12.2 Å². The number of hydrogen-bond acceptors (Lipinski definition) is 4. The number of Topliss-reactive ketones (excluding diaryl/α,β-unsaturated/α-hetero) is 1. The predicted octanol–water partition coefficient (Wildman–Crippen LogP) is 0.153. The van der Waals surface area contributed by atoms with Crippen LogP contribution < -0.4 is 4.90 Å². The number of ketones is 1. The summed E-state index contributed by atoms with van der Waals surface area (Å²) in [6.07, 6.45) is 1.46. The summed E-state index contributed by atoms with van der Waals surface area (Å²) in [7, 11) is 0. The Morgan fingerprint density at radius 3 is 2.88 bits per heavy atom. The molecule has 1 unspecified atom stereocenters. The summed E-state index contributed by atoms with van der Waals surface area (Å²) in [6.45, 7) is 4.35. The van der Waals surface area contributed by atoms with Gasteiger partial charge < -0.3 is 5.11 Å². The molecule has 84 valence electrons. The van der Waals surface area contributed by atoms with Crippen molar-refractivity contribution in [3.63, 3.8) is 0 Å². The molecule has 6 heteroatoms. The lowest BCUT2D eigenvalue weighted by atomic mass is 10.0. The molecule has 0 saturated carbocycles. The third-order valence-corrected chi connectivity index (χ3v) is 3.57. The van der Waals surface area contributed by atoms with Crippen molar-refractivity contribution in [2.45, 2.75) is 13.8 Å². The Morgan fingerprint density at radius 2 is 2.31 bits per heavy atom. The lowest BCUT2D eigenvalue weighted by molar-refractivity contribution is -0.770. The number of aromatic nitrogens is 1. The van der Waals surface area contributed by atoms with Gasteiger partial charge in [0.15, 0.2) is 5.57 Å². The number of aryl methyl sites for hydroxylation is 1. The third-order valence-electron chi connectivity index (χ3n) is 2.56. The molecule has 1 aliphatic heterocycles. The smallest absolute Gasteiger partial charge is 0.345 e. The molecule has 0 aromatic carbocycles. The summed E-state index contributed by atoms with van der Waals surface area (Å²) < 4.78 is 4.11. The Labute approximate surface area is 96.2 Å². The van der Waals surface area contributed by atoms with Crippen LogP contribution in [0.5, 0.6) is 0 Å². The highest BCUT2D eigenvalue weighted by molar-refractivity contribution is 7.09. The van der Waals surface area contributed by atoms with E-state index in [4.69, 9.17) is 5.11 Å². The lowest BCUT2D eigenvalue weighted by Gasteiger charge is -2.16. The SMILES string of the molecule is CC[NH+]1C=C(C(=O)O)C(=O)c2c(C)nsc21. The van der Waals surface area contributed by atoms with Crippen LogP contribution in [0.1, 0.15) is 23.0 Å². The normalized spacial score (nSPS) is 19.2. The quantitative estimate of drug-likeness (QED) is 0.721. The average molecular weight is 239 g/mol. The van der Waals surface area contributed by atoms with E-state index >= 15 is 0 Å². The van der Waals surface area contributed by atoms with Crippen LogP contribution >= 0.6 is 11.5 Å². The third kappa shape index (κ3) is 1.46. The molecule has 0 spiro atoms. The first kappa shape index (κ1) is 11.0. The van der Waals surface area contributed by atoms with E-state index in [0.717, 1.165) is 9.90 Å². The topological polar surface area (TPSA) is 71.7 Å². The zero-order valence-electron chi connectivity index (χ0n) is 8.90. The van der Waals surface area contributed by atoms with Crippen molar-refractivity contribution in [2.24, 2.45) is 0 Å². The molecule has 16 heavy (non-hydrogen) atoms. The van der Waals surface area contributed by atoms with E-state index in [1.165, 1.54) is 17.7 Å². The molecule has 2 N–H and O–H groups in total. The minimum absolute atomic E-state index is 0.160. The number of hydrogen-bond donors (Lipinski definition) is 2. The van der Waals surface area contributed by atoms with Gasteiger partial charge in [-0.1, -0.05) is 0 Å². The Hall–Kier alpha value is -1.53. The summed E-state index contributed by atoms with van der Waals surface area (Å²) >= 11 is 1.26. The van der Waals surface area contributed by atoms with Crippen LogP contribution in [0.4, 0.5) is 5.00 Å². The van der Waals surface area contributed by atoms with E-state index in [-0.39, 0.29) is 5.57 Å². The van der Waals surface area contributed by atoms with Gasteiger partial charge in [0.25, 0.3) is 0 Å². The van der Waals surface area contributed by atoms with Gasteiger partial charge in [-0.3, -0.25) is 9.69 Å². The van der Waals surface area contributed by atoms with Crippen molar-refractivity contribution >= 4 is 28.3 Å². The van der Waals surface area contributed by atoms with Gasteiger partial charge in [-0.15, -0.1) is 0 Å². The van der Waals surface area contributed by atoms with E-state index < -0.39 is 11.8 Å². The van der Waals surface area contributed by atoms with E-state index in [1.54, 1.807) is 6.92 Å². The van der Waals surface area contributed by atoms with Crippen molar-refractivity contribution in [3.05, 3.63) is 23.0 Å². The van der Waals surface area contributed by atoms with Gasteiger partial charge in [0.1, 0.15) is 11.8 Å². The molecule has 0 saturated heterocycles. The van der Waals surface area contributed by atoms with Crippen molar-refractivity contribution in [2.75, 3.05) is 6.54 Å². The maximum atomic E-state index is 11.9. The van der Waals surface area contributed by atoms with Gasteiger partial charge >= 0.3 is 5.97 Å². The molecule has 1 aliphatic rings. The molecule has 1 atom stereocenters. The Bertz CT molecular complexity index is 504.